The van der Waals surface area contributed by atoms with Gasteiger partial charge in [0.25, 0.3) is 0 Å². The monoisotopic (exact) mass is 251 g/mol. The van der Waals surface area contributed by atoms with Crippen LogP contribution < -0.4 is 5.32 Å². The molecular formula is C13H21N3S. The summed E-state index contributed by atoms with van der Waals surface area (Å²) in [6.45, 7) is 10.4. The lowest BCUT2D eigenvalue weighted by Crippen LogP contribution is -2.33. The van der Waals surface area contributed by atoms with Crippen molar-refractivity contribution in [3.05, 3.63) is 21.9 Å². The van der Waals surface area contributed by atoms with E-state index < -0.39 is 0 Å². The van der Waals surface area contributed by atoms with Gasteiger partial charge in [0.1, 0.15) is 6.04 Å². The summed E-state index contributed by atoms with van der Waals surface area (Å²) in [7, 11) is 0. The lowest BCUT2D eigenvalue weighted by atomic mass is 10.2. The molecule has 94 valence electrons. The molecule has 0 saturated carbocycles. The van der Waals surface area contributed by atoms with Crippen molar-refractivity contribution in [3.63, 3.8) is 0 Å². The van der Waals surface area contributed by atoms with Gasteiger partial charge in [-0.05, 0) is 32.1 Å². The zero-order chi connectivity index (χ0) is 12.7. The molecule has 0 aliphatic rings. The van der Waals surface area contributed by atoms with Crippen LogP contribution in [0.1, 0.15) is 29.6 Å². The molecule has 1 aromatic heterocycles. The second-order valence-corrected chi connectivity index (χ2v) is 5.31. The van der Waals surface area contributed by atoms with E-state index in [1.807, 2.05) is 6.07 Å². The molecule has 0 radical (unpaired) electrons. The molecule has 4 heteroatoms. The summed E-state index contributed by atoms with van der Waals surface area (Å²) < 4.78 is 0. The van der Waals surface area contributed by atoms with E-state index in [1.165, 1.54) is 4.88 Å². The Morgan fingerprint density at radius 1 is 1.41 bits per heavy atom. The highest BCUT2D eigenvalue weighted by molar-refractivity contribution is 7.12. The second-order valence-electron chi connectivity index (χ2n) is 3.99. The number of nitriles is 1. The summed E-state index contributed by atoms with van der Waals surface area (Å²) in [5, 5.41) is 12.5. The fraction of sp³-hybridized carbons (Fsp3) is 0.615. The normalized spacial score (nSPS) is 12.6. The molecule has 3 nitrogen and oxygen atoms in total. The van der Waals surface area contributed by atoms with Gasteiger partial charge in [-0.3, -0.25) is 5.32 Å². The van der Waals surface area contributed by atoms with Crippen molar-refractivity contribution < 1.29 is 0 Å². The Morgan fingerprint density at radius 2 is 2.12 bits per heavy atom. The summed E-state index contributed by atoms with van der Waals surface area (Å²) in [4.78, 5) is 4.72. The van der Waals surface area contributed by atoms with E-state index in [0.717, 1.165) is 31.1 Å². The quantitative estimate of drug-likeness (QED) is 0.809. The molecule has 0 aliphatic carbocycles. The van der Waals surface area contributed by atoms with Crippen LogP contribution in [-0.2, 0) is 0 Å². The minimum atomic E-state index is -0.163. The summed E-state index contributed by atoms with van der Waals surface area (Å²) in [5.74, 6) is 0. The zero-order valence-electron chi connectivity index (χ0n) is 10.9. The van der Waals surface area contributed by atoms with E-state index >= 15 is 0 Å². The van der Waals surface area contributed by atoms with Crippen LogP contribution >= 0.6 is 11.3 Å². The molecule has 1 heterocycles. The van der Waals surface area contributed by atoms with Crippen LogP contribution in [0.3, 0.4) is 0 Å². The van der Waals surface area contributed by atoms with E-state index in [9.17, 15) is 0 Å². The van der Waals surface area contributed by atoms with Crippen molar-refractivity contribution in [1.29, 1.82) is 5.26 Å². The first-order chi connectivity index (χ1) is 8.21. The third kappa shape index (κ3) is 4.47. The molecule has 1 rings (SSSR count). The molecular weight excluding hydrogens is 230 g/mol. The number of thiophene rings is 1. The van der Waals surface area contributed by atoms with E-state index in [-0.39, 0.29) is 6.04 Å². The minimum absolute atomic E-state index is 0.163. The smallest absolute Gasteiger partial charge is 0.130 e. The maximum atomic E-state index is 9.15. The third-order valence-corrected chi connectivity index (χ3v) is 3.91. The van der Waals surface area contributed by atoms with E-state index in [0.29, 0.717) is 0 Å². The molecule has 1 N–H and O–H groups in total. The Hall–Kier alpha value is -0.890. The predicted octanol–water partition coefficient (Wildman–Crippen LogP) is 2.55. The van der Waals surface area contributed by atoms with Crippen LogP contribution in [0.2, 0.25) is 0 Å². The molecule has 0 bridgehead atoms. The lowest BCUT2D eigenvalue weighted by Gasteiger charge is -2.19. The van der Waals surface area contributed by atoms with Gasteiger partial charge in [0.05, 0.1) is 6.07 Å². The third-order valence-electron chi connectivity index (χ3n) is 2.85. The average molecular weight is 251 g/mol. The van der Waals surface area contributed by atoms with Crippen molar-refractivity contribution >= 4 is 11.3 Å². The van der Waals surface area contributed by atoms with Crippen LogP contribution in [0.5, 0.6) is 0 Å². The molecule has 0 aliphatic heterocycles. The highest BCUT2D eigenvalue weighted by Crippen LogP contribution is 2.21. The molecule has 1 unspecified atom stereocenters. The summed E-state index contributed by atoms with van der Waals surface area (Å²) in [6.07, 6.45) is 0. The van der Waals surface area contributed by atoms with Crippen molar-refractivity contribution in [2.24, 2.45) is 0 Å². The Morgan fingerprint density at radius 3 is 2.59 bits per heavy atom. The highest BCUT2D eigenvalue weighted by Gasteiger charge is 2.11. The topological polar surface area (TPSA) is 39.1 Å². The molecule has 1 atom stereocenters. The maximum Gasteiger partial charge on any atom is 0.130 e. The SMILES string of the molecule is CCN(CC)CCNC(C#N)c1ccc(C)s1. The Labute approximate surface area is 108 Å². The van der Waals surface area contributed by atoms with E-state index in [4.69, 9.17) is 5.26 Å². The van der Waals surface area contributed by atoms with Crippen molar-refractivity contribution in [2.45, 2.75) is 26.8 Å². The summed E-state index contributed by atoms with van der Waals surface area (Å²) in [5.41, 5.74) is 0. The summed E-state index contributed by atoms with van der Waals surface area (Å²) >= 11 is 1.69. The highest BCUT2D eigenvalue weighted by atomic mass is 32.1. The Kier molecular flexibility index (Phi) is 6.20. The van der Waals surface area contributed by atoms with Gasteiger partial charge in [-0.1, -0.05) is 13.8 Å². The molecule has 0 spiro atoms. The van der Waals surface area contributed by atoms with Gasteiger partial charge in [-0.25, -0.2) is 0 Å². The van der Waals surface area contributed by atoms with Crippen molar-refractivity contribution in [2.75, 3.05) is 26.2 Å². The van der Waals surface area contributed by atoms with Crippen LogP contribution in [0, 0.1) is 18.3 Å². The lowest BCUT2D eigenvalue weighted by molar-refractivity contribution is 0.300. The number of likely N-dealkylation sites (N-methyl/N-ethyl adjacent to an activating group) is 1. The predicted molar refractivity (Wildman–Crippen MR) is 73.2 cm³/mol. The van der Waals surface area contributed by atoms with Crippen LogP contribution in [-0.4, -0.2) is 31.1 Å². The largest absolute Gasteiger partial charge is 0.303 e. The average Bonchev–Trinajstić information content (AvgIpc) is 2.76. The van der Waals surface area contributed by atoms with Crippen molar-refractivity contribution in [1.82, 2.24) is 10.2 Å². The fourth-order valence-electron chi connectivity index (χ4n) is 1.73. The first-order valence-corrected chi connectivity index (χ1v) is 6.94. The first kappa shape index (κ1) is 14.2. The molecule has 0 amide bonds. The van der Waals surface area contributed by atoms with Gasteiger partial charge in [0.2, 0.25) is 0 Å². The van der Waals surface area contributed by atoms with Crippen LogP contribution in [0.15, 0.2) is 12.1 Å². The van der Waals surface area contributed by atoms with Crippen molar-refractivity contribution in [3.8, 4) is 6.07 Å². The Balaban J connectivity index is 2.41. The van der Waals surface area contributed by atoms with Crippen LogP contribution in [0.25, 0.3) is 0 Å². The van der Waals surface area contributed by atoms with Gasteiger partial charge < -0.3 is 4.90 Å². The van der Waals surface area contributed by atoms with Gasteiger partial charge in [0, 0.05) is 22.8 Å². The van der Waals surface area contributed by atoms with Crippen LogP contribution in [0.4, 0.5) is 0 Å². The van der Waals surface area contributed by atoms with E-state index in [2.05, 4.69) is 43.1 Å². The first-order valence-electron chi connectivity index (χ1n) is 6.13. The molecule has 0 saturated heterocycles. The molecule has 0 fully saturated rings. The maximum absolute atomic E-state index is 9.15. The van der Waals surface area contributed by atoms with E-state index in [1.54, 1.807) is 11.3 Å². The standard InChI is InChI=1S/C13H21N3S/c1-4-16(5-2)9-8-15-12(10-14)13-7-6-11(3)17-13/h6-7,12,15H,4-5,8-9H2,1-3H3. The number of rotatable bonds is 7. The number of nitrogens with zero attached hydrogens (tertiary/aromatic N) is 2. The van der Waals surface area contributed by atoms with Gasteiger partial charge in [0.15, 0.2) is 0 Å². The minimum Gasteiger partial charge on any atom is -0.303 e. The second kappa shape index (κ2) is 7.44. The number of hydrogen-bond donors (Lipinski definition) is 1. The van der Waals surface area contributed by atoms with Gasteiger partial charge in [-0.15, -0.1) is 11.3 Å². The zero-order valence-corrected chi connectivity index (χ0v) is 11.7. The fourth-order valence-corrected chi connectivity index (χ4v) is 2.62. The molecule has 17 heavy (non-hydrogen) atoms. The molecule has 0 aromatic carbocycles. The Bertz CT molecular complexity index is 363. The number of hydrogen-bond acceptors (Lipinski definition) is 4. The summed E-state index contributed by atoms with van der Waals surface area (Å²) in [6, 6.07) is 6.27. The molecule has 1 aromatic rings. The van der Waals surface area contributed by atoms with Gasteiger partial charge >= 0.3 is 0 Å². The number of aryl methyl sites for hydroxylation is 1. The number of nitrogens with one attached hydrogen (secondary N) is 1. The van der Waals surface area contributed by atoms with Gasteiger partial charge in [-0.2, -0.15) is 5.26 Å².